The van der Waals surface area contributed by atoms with Gasteiger partial charge in [-0.2, -0.15) is 13.2 Å². The zero-order chi connectivity index (χ0) is 10.8. The van der Waals surface area contributed by atoms with Crippen molar-refractivity contribution >= 4 is 0 Å². The van der Waals surface area contributed by atoms with Crippen LogP contribution in [-0.2, 0) is 0 Å². The molecule has 1 atom stereocenters. The van der Waals surface area contributed by atoms with E-state index in [1.807, 2.05) is 0 Å². The molecule has 0 aromatic rings. The van der Waals surface area contributed by atoms with Gasteiger partial charge in [0.2, 0.25) is 0 Å². The maximum absolute atomic E-state index is 12.5. The highest BCUT2D eigenvalue weighted by atomic mass is 19.4. The van der Waals surface area contributed by atoms with Gasteiger partial charge in [0.25, 0.3) is 0 Å². The van der Waals surface area contributed by atoms with Gasteiger partial charge >= 0.3 is 6.18 Å². The number of hydrogen-bond donors (Lipinski definition) is 1. The summed E-state index contributed by atoms with van der Waals surface area (Å²) in [7, 11) is 1.40. The van der Waals surface area contributed by atoms with Crippen LogP contribution < -0.4 is 5.32 Å². The third-order valence-corrected chi connectivity index (χ3v) is 3.20. The molecule has 0 heterocycles. The van der Waals surface area contributed by atoms with E-state index in [2.05, 4.69) is 12.2 Å². The number of alkyl halides is 3. The molecular weight excluding hydrogens is 191 g/mol. The van der Waals surface area contributed by atoms with Gasteiger partial charge in [0.1, 0.15) is 6.04 Å². The summed E-state index contributed by atoms with van der Waals surface area (Å²) in [6, 6.07) is -1.31. The molecule has 1 rings (SSSR count). The molecule has 0 saturated heterocycles. The van der Waals surface area contributed by atoms with Crippen molar-refractivity contribution < 1.29 is 13.2 Å². The van der Waals surface area contributed by atoms with Crippen molar-refractivity contribution in [1.82, 2.24) is 5.32 Å². The van der Waals surface area contributed by atoms with Crippen molar-refractivity contribution in [3.8, 4) is 0 Å². The lowest BCUT2D eigenvalue weighted by Gasteiger charge is -2.33. The topological polar surface area (TPSA) is 12.0 Å². The molecule has 1 nitrogen and oxygen atoms in total. The highest BCUT2D eigenvalue weighted by molar-refractivity contribution is 4.84. The Bertz CT molecular complexity index is 171. The van der Waals surface area contributed by atoms with Gasteiger partial charge in [-0.1, -0.05) is 19.8 Å². The fraction of sp³-hybridized carbons (Fsp3) is 1.00. The first-order valence-electron chi connectivity index (χ1n) is 5.19. The van der Waals surface area contributed by atoms with E-state index in [1.165, 1.54) is 7.05 Å². The Morgan fingerprint density at radius 1 is 1.14 bits per heavy atom. The van der Waals surface area contributed by atoms with Crippen LogP contribution in [0.2, 0.25) is 0 Å². The Hall–Kier alpha value is -0.250. The molecule has 84 valence electrons. The maximum Gasteiger partial charge on any atom is 0.404 e. The molecule has 1 fully saturated rings. The standard InChI is InChI=1S/C10H18F3N/c1-7-3-5-8(6-4-7)9(14-2)10(11,12)13/h7-9,14H,3-6H2,1-2H3. The summed E-state index contributed by atoms with van der Waals surface area (Å²) in [6.45, 7) is 2.11. The van der Waals surface area contributed by atoms with Crippen molar-refractivity contribution in [2.24, 2.45) is 11.8 Å². The van der Waals surface area contributed by atoms with E-state index in [0.717, 1.165) is 12.8 Å². The van der Waals surface area contributed by atoms with Gasteiger partial charge < -0.3 is 5.32 Å². The van der Waals surface area contributed by atoms with E-state index in [-0.39, 0.29) is 5.92 Å². The van der Waals surface area contributed by atoms with Crippen molar-refractivity contribution in [3.05, 3.63) is 0 Å². The van der Waals surface area contributed by atoms with Crippen LogP contribution in [-0.4, -0.2) is 19.3 Å². The Morgan fingerprint density at radius 2 is 1.64 bits per heavy atom. The minimum atomic E-state index is -4.10. The van der Waals surface area contributed by atoms with Crippen molar-refractivity contribution in [1.29, 1.82) is 0 Å². The smallest absolute Gasteiger partial charge is 0.309 e. The number of rotatable bonds is 2. The van der Waals surface area contributed by atoms with Gasteiger partial charge in [-0.15, -0.1) is 0 Å². The van der Waals surface area contributed by atoms with Crippen molar-refractivity contribution in [2.75, 3.05) is 7.05 Å². The molecule has 1 saturated carbocycles. The number of halogens is 3. The highest BCUT2D eigenvalue weighted by Crippen LogP contribution is 2.36. The zero-order valence-corrected chi connectivity index (χ0v) is 8.69. The lowest BCUT2D eigenvalue weighted by molar-refractivity contribution is -0.169. The van der Waals surface area contributed by atoms with Gasteiger partial charge in [0.15, 0.2) is 0 Å². The van der Waals surface area contributed by atoms with Crippen LogP contribution >= 0.6 is 0 Å². The first kappa shape index (κ1) is 11.8. The summed E-state index contributed by atoms with van der Waals surface area (Å²) in [5, 5.41) is 2.40. The number of nitrogens with one attached hydrogen (secondary N) is 1. The predicted octanol–water partition coefficient (Wildman–Crippen LogP) is 2.96. The molecule has 0 spiro atoms. The first-order valence-corrected chi connectivity index (χ1v) is 5.19. The summed E-state index contributed by atoms with van der Waals surface area (Å²) in [6.07, 6.45) is -0.837. The molecular formula is C10H18F3N. The second kappa shape index (κ2) is 4.51. The molecule has 1 N–H and O–H groups in total. The predicted molar refractivity (Wildman–Crippen MR) is 50.0 cm³/mol. The average molecular weight is 209 g/mol. The van der Waals surface area contributed by atoms with E-state index in [4.69, 9.17) is 0 Å². The summed E-state index contributed by atoms with van der Waals surface area (Å²) < 4.78 is 37.6. The maximum atomic E-state index is 12.5. The van der Waals surface area contributed by atoms with Gasteiger partial charge in [-0.05, 0) is 31.7 Å². The van der Waals surface area contributed by atoms with Gasteiger partial charge in [0.05, 0.1) is 0 Å². The minimum absolute atomic E-state index is 0.226. The fourth-order valence-corrected chi connectivity index (χ4v) is 2.29. The molecule has 0 aromatic carbocycles. The second-order valence-corrected chi connectivity index (χ2v) is 4.33. The SMILES string of the molecule is CNC(C1CCC(C)CC1)C(F)(F)F. The molecule has 0 bridgehead atoms. The van der Waals surface area contributed by atoms with Gasteiger partial charge in [-0.25, -0.2) is 0 Å². The van der Waals surface area contributed by atoms with Crippen LogP contribution in [0.3, 0.4) is 0 Å². The second-order valence-electron chi connectivity index (χ2n) is 4.33. The molecule has 0 radical (unpaired) electrons. The Morgan fingerprint density at radius 3 is 2.00 bits per heavy atom. The lowest BCUT2D eigenvalue weighted by Crippen LogP contribution is -2.46. The molecule has 0 aliphatic heterocycles. The van der Waals surface area contributed by atoms with E-state index in [9.17, 15) is 13.2 Å². The molecule has 0 amide bonds. The van der Waals surface area contributed by atoms with Crippen molar-refractivity contribution in [3.63, 3.8) is 0 Å². The first-order chi connectivity index (χ1) is 6.45. The van der Waals surface area contributed by atoms with E-state index in [0.29, 0.717) is 18.8 Å². The lowest BCUT2D eigenvalue weighted by atomic mass is 9.79. The van der Waals surface area contributed by atoms with Gasteiger partial charge in [-0.3, -0.25) is 0 Å². The Kier molecular flexibility index (Phi) is 3.81. The molecule has 1 aliphatic carbocycles. The van der Waals surface area contributed by atoms with E-state index in [1.54, 1.807) is 0 Å². The van der Waals surface area contributed by atoms with Crippen LogP contribution in [0.1, 0.15) is 32.6 Å². The van der Waals surface area contributed by atoms with Crippen LogP contribution in [0.25, 0.3) is 0 Å². The third kappa shape index (κ3) is 2.87. The highest BCUT2D eigenvalue weighted by Gasteiger charge is 2.44. The molecule has 14 heavy (non-hydrogen) atoms. The largest absolute Gasteiger partial charge is 0.404 e. The Balaban J connectivity index is 2.54. The minimum Gasteiger partial charge on any atom is -0.309 e. The summed E-state index contributed by atoms with van der Waals surface area (Å²) in [5.74, 6) is 0.369. The zero-order valence-electron chi connectivity index (χ0n) is 8.69. The fourth-order valence-electron chi connectivity index (χ4n) is 2.29. The molecule has 4 heteroatoms. The Labute approximate surface area is 83.1 Å². The average Bonchev–Trinajstić information content (AvgIpc) is 2.07. The molecule has 1 unspecified atom stereocenters. The van der Waals surface area contributed by atoms with E-state index < -0.39 is 12.2 Å². The van der Waals surface area contributed by atoms with Crippen LogP contribution in [0, 0.1) is 11.8 Å². The van der Waals surface area contributed by atoms with Crippen LogP contribution in [0.4, 0.5) is 13.2 Å². The summed E-state index contributed by atoms with van der Waals surface area (Å²) in [4.78, 5) is 0. The van der Waals surface area contributed by atoms with Gasteiger partial charge in [0, 0.05) is 0 Å². The summed E-state index contributed by atoms with van der Waals surface area (Å²) in [5.41, 5.74) is 0. The monoisotopic (exact) mass is 209 g/mol. The van der Waals surface area contributed by atoms with E-state index >= 15 is 0 Å². The van der Waals surface area contributed by atoms with Crippen LogP contribution in [0.15, 0.2) is 0 Å². The molecule has 1 aliphatic rings. The third-order valence-electron chi connectivity index (χ3n) is 3.20. The number of hydrogen-bond acceptors (Lipinski definition) is 1. The molecule has 0 aromatic heterocycles. The quantitative estimate of drug-likeness (QED) is 0.737. The van der Waals surface area contributed by atoms with Crippen molar-refractivity contribution in [2.45, 2.75) is 44.8 Å². The normalized spacial score (nSPS) is 31.5. The van der Waals surface area contributed by atoms with Crippen LogP contribution in [0.5, 0.6) is 0 Å². The summed E-state index contributed by atoms with van der Waals surface area (Å²) >= 11 is 0.